The number of methoxy groups -OCH3 is 1. The lowest BCUT2D eigenvalue weighted by Gasteiger charge is -2.38. The number of aliphatic hydroxyl groups is 1. The van der Waals surface area contributed by atoms with Crippen molar-refractivity contribution in [1.82, 2.24) is 9.80 Å². The highest BCUT2D eigenvalue weighted by atomic mass is 19.4. The molecule has 9 heteroatoms. The first kappa shape index (κ1) is 24.3. The van der Waals surface area contributed by atoms with Gasteiger partial charge in [-0.25, -0.2) is 0 Å². The van der Waals surface area contributed by atoms with Crippen molar-refractivity contribution in [1.29, 1.82) is 0 Å². The first-order valence-corrected chi connectivity index (χ1v) is 11.8. The third-order valence-corrected chi connectivity index (χ3v) is 7.60. The van der Waals surface area contributed by atoms with Gasteiger partial charge in [0.2, 0.25) is 5.91 Å². The summed E-state index contributed by atoms with van der Waals surface area (Å²) in [5.74, 6) is 0.00198. The molecule has 0 radical (unpaired) electrons. The number of carbonyl (C=O) groups is 1. The summed E-state index contributed by atoms with van der Waals surface area (Å²) in [5, 5.41) is 10.5. The fraction of sp³-hybridized carbons (Fsp3) is 0.708. The van der Waals surface area contributed by atoms with Crippen LogP contribution in [0.5, 0.6) is 0 Å². The van der Waals surface area contributed by atoms with Crippen LogP contribution in [0.15, 0.2) is 24.3 Å². The number of aliphatic hydroxyl groups excluding tert-OH is 1. The number of nitrogens with zero attached hydrogens (tertiary/aromatic N) is 3. The second kappa shape index (κ2) is 9.80. The van der Waals surface area contributed by atoms with Gasteiger partial charge in [-0.1, -0.05) is 6.07 Å². The van der Waals surface area contributed by atoms with Crippen LogP contribution in [0.3, 0.4) is 0 Å². The lowest BCUT2D eigenvalue weighted by atomic mass is 9.90. The first-order valence-electron chi connectivity index (χ1n) is 11.8. The number of β-amino-alcohol motifs (C(OH)–C–C–N with tert-alkyl or cyclic N) is 1. The number of piperidine rings is 1. The van der Waals surface area contributed by atoms with E-state index >= 15 is 0 Å². The van der Waals surface area contributed by atoms with E-state index in [4.69, 9.17) is 4.74 Å². The molecule has 2 aliphatic heterocycles. The molecule has 1 saturated carbocycles. The molecule has 6 nitrogen and oxygen atoms in total. The van der Waals surface area contributed by atoms with Crippen LogP contribution in [-0.2, 0) is 15.7 Å². The van der Waals surface area contributed by atoms with Crippen LogP contribution in [-0.4, -0.2) is 85.9 Å². The third-order valence-electron chi connectivity index (χ3n) is 7.60. The number of hydrogen-bond acceptors (Lipinski definition) is 5. The Morgan fingerprint density at radius 3 is 2.64 bits per heavy atom. The van der Waals surface area contributed by atoms with Gasteiger partial charge in [0, 0.05) is 51.9 Å². The standard InChI is InChI=1S/C24H34F3N3O3/c1-33-17-20(5-10-28-12-9-23(7-8-23)21(31)16-28)30-14-13-29(11-6-22(30)32)19-4-2-3-18(15-19)24(25,26)27/h2-4,15,20-21,31H,5-14,16-17H2,1H3/t20-,21+/m0/s1. The van der Waals surface area contributed by atoms with Crippen LogP contribution in [0, 0.1) is 5.41 Å². The molecule has 1 spiro atoms. The van der Waals surface area contributed by atoms with Gasteiger partial charge >= 0.3 is 6.18 Å². The number of hydrogen-bond donors (Lipinski definition) is 1. The Morgan fingerprint density at radius 2 is 1.97 bits per heavy atom. The molecule has 3 fully saturated rings. The second-order valence-corrected chi connectivity index (χ2v) is 9.70. The van der Waals surface area contributed by atoms with Crippen molar-refractivity contribution in [2.75, 3.05) is 57.9 Å². The molecule has 3 aliphatic rings. The summed E-state index contributed by atoms with van der Waals surface area (Å²) >= 11 is 0. The normalized spacial score (nSPS) is 24.8. The predicted octanol–water partition coefficient (Wildman–Crippen LogP) is 3.00. The summed E-state index contributed by atoms with van der Waals surface area (Å²) in [6.07, 6.45) is -0.401. The Hall–Kier alpha value is -1.84. The number of rotatable bonds is 7. The molecule has 4 rings (SSSR count). The van der Waals surface area contributed by atoms with Crippen LogP contribution < -0.4 is 4.90 Å². The van der Waals surface area contributed by atoms with Crippen molar-refractivity contribution in [3.63, 3.8) is 0 Å². The van der Waals surface area contributed by atoms with Crippen molar-refractivity contribution in [3.8, 4) is 0 Å². The zero-order valence-electron chi connectivity index (χ0n) is 19.2. The summed E-state index contributed by atoms with van der Waals surface area (Å²) < 4.78 is 44.8. The number of likely N-dealkylation sites (tertiary alicyclic amines) is 1. The van der Waals surface area contributed by atoms with Crippen molar-refractivity contribution < 1.29 is 27.8 Å². The van der Waals surface area contributed by atoms with E-state index in [1.165, 1.54) is 6.07 Å². The molecule has 1 aliphatic carbocycles. The van der Waals surface area contributed by atoms with Gasteiger partial charge in [-0.15, -0.1) is 0 Å². The number of benzene rings is 1. The van der Waals surface area contributed by atoms with Crippen LogP contribution in [0.4, 0.5) is 18.9 Å². The fourth-order valence-electron chi connectivity index (χ4n) is 5.24. The minimum absolute atomic E-state index is 0.00198. The van der Waals surface area contributed by atoms with E-state index in [9.17, 15) is 23.1 Å². The molecule has 1 N–H and O–H groups in total. The number of ether oxygens (including phenoxy) is 1. The highest BCUT2D eigenvalue weighted by Crippen LogP contribution is 2.53. The molecular formula is C24H34F3N3O3. The van der Waals surface area contributed by atoms with Crippen molar-refractivity contribution in [2.45, 2.75) is 50.4 Å². The summed E-state index contributed by atoms with van der Waals surface area (Å²) in [5.41, 5.74) is -0.0313. The van der Waals surface area contributed by atoms with Gasteiger partial charge in [0.15, 0.2) is 0 Å². The summed E-state index contributed by atoms with van der Waals surface area (Å²) in [4.78, 5) is 18.9. The van der Waals surface area contributed by atoms with E-state index in [0.717, 1.165) is 50.9 Å². The number of carbonyl (C=O) groups excluding carboxylic acids is 1. The van der Waals surface area contributed by atoms with Gasteiger partial charge in [0.1, 0.15) is 0 Å². The molecule has 33 heavy (non-hydrogen) atoms. The van der Waals surface area contributed by atoms with Crippen molar-refractivity contribution in [2.24, 2.45) is 5.41 Å². The Kier molecular flexibility index (Phi) is 7.21. The SMILES string of the molecule is COC[C@H](CCN1CCC2(CC2)[C@H](O)C1)N1CCN(c2cccc(C(F)(F)F)c2)CCC1=O. The zero-order valence-corrected chi connectivity index (χ0v) is 19.2. The van der Waals surface area contributed by atoms with Gasteiger partial charge in [-0.3, -0.25) is 4.79 Å². The van der Waals surface area contributed by atoms with Crippen LogP contribution in [0.25, 0.3) is 0 Å². The monoisotopic (exact) mass is 469 g/mol. The molecule has 2 heterocycles. The maximum atomic E-state index is 13.1. The smallest absolute Gasteiger partial charge is 0.391 e. The molecule has 0 unspecified atom stereocenters. The van der Waals surface area contributed by atoms with E-state index in [1.54, 1.807) is 13.2 Å². The van der Waals surface area contributed by atoms with Crippen LogP contribution in [0.2, 0.25) is 0 Å². The van der Waals surface area contributed by atoms with E-state index in [2.05, 4.69) is 4.90 Å². The summed E-state index contributed by atoms with van der Waals surface area (Å²) in [6, 6.07) is 5.20. The molecule has 184 valence electrons. The summed E-state index contributed by atoms with van der Waals surface area (Å²) in [7, 11) is 1.62. The van der Waals surface area contributed by atoms with Crippen LogP contribution >= 0.6 is 0 Å². The topological polar surface area (TPSA) is 56.3 Å². The number of amides is 1. The van der Waals surface area contributed by atoms with E-state index < -0.39 is 11.7 Å². The first-order chi connectivity index (χ1) is 15.7. The maximum absolute atomic E-state index is 13.1. The molecule has 2 saturated heterocycles. The minimum atomic E-state index is -4.39. The highest BCUT2D eigenvalue weighted by molar-refractivity contribution is 5.78. The molecule has 1 aromatic rings. The van der Waals surface area contributed by atoms with Gasteiger partial charge in [0.25, 0.3) is 0 Å². The van der Waals surface area contributed by atoms with E-state index in [1.807, 2.05) is 9.80 Å². The molecule has 1 amide bonds. The van der Waals surface area contributed by atoms with E-state index in [-0.39, 0.29) is 29.9 Å². The predicted molar refractivity (Wildman–Crippen MR) is 119 cm³/mol. The van der Waals surface area contributed by atoms with Gasteiger partial charge in [-0.05, 0) is 55.8 Å². The van der Waals surface area contributed by atoms with Crippen molar-refractivity contribution in [3.05, 3.63) is 29.8 Å². The Balaban J connectivity index is 1.37. The van der Waals surface area contributed by atoms with Gasteiger partial charge in [0.05, 0.1) is 24.3 Å². The van der Waals surface area contributed by atoms with Crippen molar-refractivity contribution >= 4 is 11.6 Å². The number of alkyl halides is 3. The molecule has 0 aromatic heterocycles. The summed E-state index contributed by atoms with van der Waals surface area (Å²) in [6.45, 7) is 4.13. The third kappa shape index (κ3) is 5.63. The Morgan fingerprint density at radius 1 is 1.18 bits per heavy atom. The average molecular weight is 470 g/mol. The highest BCUT2D eigenvalue weighted by Gasteiger charge is 2.51. The van der Waals surface area contributed by atoms with Gasteiger partial charge in [-0.2, -0.15) is 13.2 Å². The quantitative estimate of drug-likeness (QED) is 0.666. The fourth-order valence-corrected chi connectivity index (χ4v) is 5.24. The maximum Gasteiger partial charge on any atom is 0.416 e. The number of anilines is 1. The minimum Gasteiger partial charge on any atom is -0.391 e. The molecular weight excluding hydrogens is 435 g/mol. The van der Waals surface area contributed by atoms with Crippen LogP contribution in [0.1, 0.15) is 37.7 Å². The Labute approximate surface area is 193 Å². The molecule has 2 atom stereocenters. The average Bonchev–Trinajstić information content (AvgIpc) is 3.58. The lowest BCUT2D eigenvalue weighted by molar-refractivity contribution is -0.137. The largest absolute Gasteiger partial charge is 0.416 e. The molecule has 0 bridgehead atoms. The Bertz CT molecular complexity index is 831. The van der Waals surface area contributed by atoms with E-state index in [0.29, 0.717) is 38.5 Å². The number of halogens is 3. The molecule has 1 aromatic carbocycles. The zero-order chi connectivity index (χ0) is 23.6. The van der Waals surface area contributed by atoms with Gasteiger partial charge < -0.3 is 24.5 Å². The lowest BCUT2D eigenvalue weighted by Crippen LogP contribution is -2.48. The second-order valence-electron chi connectivity index (χ2n) is 9.70.